The van der Waals surface area contributed by atoms with Crippen molar-refractivity contribution in [1.29, 1.82) is 5.26 Å². The second-order valence-corrected chi connectivity index (χ2v) is 6.26. The van der Waals surface area contributed by atoms with Crippen molar-refractivity contribution in [2.45, 2.75) is 19.3 Å². The molecule has 0 aliphatic rings. The number of alkyl halides is 3. The van der Waals surface area contributed by atoms with Gasteiger partial charge in [-0.1, -0.05) is 11.6 Å². The molecule has 1 atom stereocenters. The highest BCUT2D eigenvalue weighted by Gasteiger charge is 2.31. The molecular weight excluding hydrogens is 427 g/mol. The van der Waals surface area contributed by atoms with E-state index >= 15 is 0 Å². The molecule has 154 valence electrons. The average Bonchev–Trinajstić information content (AvgIpc) is 3.16. The van der Waals surface area contributed by atoms with E-state index in [1.165, 1.54) is 29.5 Å². The number of rotatable bonds is 5. The number of hydrogen-bond donors (Lipinski definition) is 1. The molecule has 0 saturated carbocycles. The van der Waals surface area contributed by atoms with E-state index in [-0.39, 0.29) is 27.9 Å². The van der Waals surface area contributed by atoms with Crippen LogP contribution in [-0.4, -0.2) is 37.0 Å². The van der Waals surface area contributed by atoms with Crippen LogP contribution < -0.4 is 10.1 Å². The zero-order chi connectivity index (χ0) is 21.9. The topological polar surface area (TPSA) is 119 Å². The molecule has 13 heteroatoms. The smallest absolute Gasteiger partial charge is 0.406 e. The fourth-order valence-corrected chi connectivity index (χ4v) is 2.70. The Balaban J connectivity index is 1.82. The van der Waals surface area contributed by atoms with Crippen LogP contribution >= 0.6 is 11.6 Å². The number of aromatic nitrogens is 5. The Morgan fingerprint density at radius 1 is 1.23 bits per heavy atom. The molecule has 0 saturated heterocycles. The van der Waals surface area contributed by atoms with Crippen molar-refractivity contribution in [3.05, 3.63) is 59.0 Å². The molecule has 1 aromatic carbocycles. The minimum Gasteiger partial charge on any atom is -0.406 e. The zero-order valence-electron chi connectivity index (χ0n) is 15.1. The van der Waals surface area contributed by atoms with Gasteiger partial charge in [0.05, 0.1) is 6.04 Å². The molecule has 0 bridgehead atoms. The van der Waals surface area contributed by atoms with Crippen molar-refractivity contribution in [1.82, 2.24) is 30.0 Å². The first-order valence-corrected chi connectivity index (χ1v) is 8.53. The second-order valence-electron chi connectivity index (χ2n) is 5.82. The molecule has 0 aliphatic heterocycles. The Bertz CT molecular complexity index is 1130. The summed E-state index contributed by atoms with van der Waals surface area (Å²) in [7, 11) is 0. The van der Waals surface area contributed by atoms with Crippen LogP contribution in [0.15, 0.2) is 36.9 Å². The molecule has 30 heavy (non-hydrogen) atoms. The third-order valence-electron chi connectivity index (χ3n) is 3.66. The van der Waals surface area contributed by atoms with Gasteiger partial charge in [-0.2, -0.15) is 15.0 Å². The van der Waals surface area contributed by atoms with Gasteiger partial charge < -0.3 is 10.1 Å². The third-order valence-corrected chi connectivity index (χ3v) is 3.88. The first-order chi connectivity index (χ1) is 14.2. The predicted octanol–water partition coefficient (Wildman–Crippen LogP) is 2.97. The van der Waals surface area contributed by atoms with Crippen LogP contribution in [0.3, 0.4) is 0 Å². The summed E-state index contributed by atoms with van der Waals surface area (Å²) in [6, 6.07) is 5.57. The molecule has 0 aliphatic carbocycles. The van der Waals surface area contributed by atoms with Gasteiger partial charge in [0.15, 0.2) is 11.6 Å². The summed E-state index contributed by atoms with van der Waals surface area (Å²) in [6.07, 6.45) is -2.53. The summed E-state index contributed by atoms with van der Waals surface area (Å²) in [4.78, 5) is 24.4. The Hall–Kier alpha value is -3.72. The second kappa shape index (κ2) is 8.34. The lowest BCUT2D eigenvalue weighted by Crippen LogP contribution is -2.29. The lowest BCUT2D eigenvalue weighted by atomic mass is 10.2. The molecule has 3 aromatic rings. The van der Waals surface area contributed by atoms with Gasteiger partial charge in [0.25, 0.3) is 5.91 Å². The van der Waals surface area contributed by atoms with E-state index in [0.717, 1.165) is 12.1 Å². The van der Waals surface area contributed by atoms with E-state index in [1.807, 2.05) is 6.07 Å². The van der Waals surface area contributed by atoms with E-state index in [0.29, 0.717) is 0 Å². The van der Waals surface area contributed by atoms with Gasteiger partial charge in [0, 0.05) is 16.7 Å². The van der Waals surface area contributed by atoms with Crippen LogP contribution in [0.5, 0.6) is 5.75 Å². The highest BCUT2D eigenvalue weighted by Crippen LogP contribution is 2.27. The van der Waals surface area contributed by atoms with Crippen molar-refractivity contribution in [3.63, 3.8) is 0 Å². The maximum Gasteiger partial charge on any atom is 0.573 e. The van der Waals surface area contributed by atoms with Crippen LogP contribution in [0.4, 0.5) is 13.2 Å². The Kier molecular flexibility index (Phi) is 5.84. The molecule has 0 radical (unpaired) electrons. The standard InChI is InChI=1S/C17H11ClF3N7O2/c1-9(15-25-8-26-28(15)14-5-12(6-22)23-7-24-14)27-16(29)10-2-11(18)4-13(3-10)30-17(19,20)21/h2-5,7-9H,1H3,(H,27,29)/t9-/m0/s1. The minimum absolute atomic E-state index is 0.106. The lowest BCUT2D eigenvalue weighted by Gasteiger charge is -2.15. The largest absolute Gasteiger partial charge is 0.573 e. The number of nitrogens with zero attached hydrogens (tertiary/aromatic N) is 6. The SMILES string of the molecule is C[C@H](NC(=O)c1cc(Cl)cc(OC(F)(F)F)c1)c1ncnn1-c1cc(C#N)ncn1. The fraction of sp³-hybridized carbons (Fsp3) is 0.176. The van der Waals surface area contributed by atoms with Gasteiger partial charge in [0.1, 0.15) is 30.2 Å². The van der Waals surface area contributed by atoms with E-state index < -0.39 is 24.1 Å². The maximum absolute atomic E-state index is 12.5. The summed E-state index contributed by atoms with van der Waals surface area (Å²) < 4.78 is 42.5. The van der Waals surface area contributed by atoms with Gasteiger partial charge >= 0.3 is 6.36 Å². The molecule has 0 unspecified atom stereocenters. The first-order valence-electron chi connectivity index (χ1n) is 8.16. The molecule has 2 aromatic heterocycles. The lowest BCUT2D eigenvalue weighted by molar-refractivity contribution is -0.274. The number of halogens is 4. The highest BCUT2D eigenvalue weighted by molar-refractivity contribution is 6.31. The molecule has 0 spiro atoms. The van der Waals surface area contributed by atoms with Gasteiger partial charge in [-0.15, -0.1) is 13.2 Å². The Morgan fingerprint density at radius 2 is 2.00 bits per heavy atom. The zero-order valence-corrected chi connectivity index (χ0v) is 15.8. The van der Waals surface area contributed by atoms with Crippen LogP contribution in [-0.2, 0) is 0 Å². The molecule has 9 nitrogen and oxygen atoms in total. The number of hydrogen-bond acceptors (Lipinski definition) is 7. The molecule has 1 amide bonds. The van der Waals surface area contributed by atoms with Crippen LogP contribution in [0.2, 0.25) is 5.02 Å². The number of nitriles is 1. The normalized spacial score (nSPS) is 12.1. The summed E-state index contributed by atoms with van der Waals surface area (Å²) in [5.74, 6) is -0.827. The maximum atomic E-state index is 12.5. The Morgan fingerprint density at radius 3 is 2.70 bits per heavy atom. The van der Waals surface area contributed by atoms with Crippen molar-refractivity contribution < 1.29 is 22.7 Å². The predicted molar refractivity (Wildman–Crippen MR) is 95.7 cm³/mol. The van der Waals surface area contributed by atoms with Crippen LogP contribution in [0.25, 0.3) is 5.82 Å². The van der Waals surface area contributed by atoms with E-state index in [4.69, 9.17) is 16.9 Å². The van der Waals surface area contributed by atoms with Gasteiger partial charge in [0.2, 0.25) is 0 Å². The van der Waals surface area contributed by atoms with Crippen molar-refractivity contribution >= 4 is 17.5 Å². The number of carbonyl (C=O) groups excluding carboxylic acids is 1. The summed E-state index contributed by atoms with van der Waals surface area (Å²) >= 11 is 5.80. The van der Waals surface area contributed by atoms with Gasteiger partial charge in [-0.25, -0.2) is 15.0 Å². The Labute approximate surface area is 172 Å². The number of amides is 1. The molecule has 1 N–H and O–H groups in total. The first kappa shape index (κ1) is 21.0. The van der Waals surface area contributed by atoms with Crippen molar-refractivity contribution in [2.75, 3.05) is 0 Å². The number of benzene rings is 1. The summed E-state index contributed by atoms with van der Waals surface area (Å²) in [6.45, 7) is 1.59. The monoisotopic (exact) mass is 437 g/mol. The van der Waals surface area contributed by atoms with Gasteiger partial charge in [-0.05, 0) is 25.1 Å². The molecule has 3 rings (SSSR count). The van der Waals surface area contributed by atoms with Gasteiger partial charge in [-0.3, -0.25) is 4.79 Å². The quantitative estimate of drug-likeness (QED) is 0.651. The van der Waals surface area contributed by atoms with E-state index in [9.17, 15) is 18.0 Å². The van der Waals surface area contributed by atoms with Crippen LogP contribution in [0.1, 0.15) is 34.8 Å². The van der Waals surface area contributed by atoms with E-state index in [1.54, 1.807) is 6.92 Å². The molecule has 0 fully saturated rings. The van der Waals surface area contributed by atoms with Crippen molar-refractivity contribution in [3.8, 4) is 17.6 Å². The summed E-state index contributed by atoms with van der Waals surface area (Å²) in [5.41, 5.74) is -0.0391. The number of carbonyl (C=O) groups is 1. The molecule has 2 heterocycles. The van der Waals surface area contributed by atoms with Crippen LogP contribution in [0, 0.1) is 11.3 Å². The number of nitrogens with one attached hydrogen (secondary N) is 1. The third kappa shape index (κ3) is 5.00. The van der Waals surface area contributed by atoms with E-state index in [2.05, 4.69) is 30.1 Å². The number of ether oxygens (including phenoxy) is 1. The fourth-order valence-electron chi connectivity index (χ4n) is 2.48. The van der Waals surface area contributed by atoms with Crippen molar-refractivity contribution in [2.24, 2.45) is 0 Å². The summed E-state index contributed by atoms with van der Waals surface area (Å²) in [5, 5.41) is 15.5. The minimum atomic E-state index is -4.93. The average molecular weight is 438 g/mol. The molecular formula is C17H11ClF3N7O2. The highest BCUT2D eigenvalue weighted by atomic mass is 35.5.